The SMILES string of the molecule is [C].[Cr].[Fe].[Mo]. The first-order valence-corrected chi connectivity index (χ1v) is 0. The van der Waals surface area contributed by atoms with E-state index in [0.29, 0.717) is 0 Å². The predicted molar refractivity (Wildman–Crippen MR) is 3.24 cm³/mol. The molecule has 4 radical (unpaired) electrons. The molecule has 0 aliphatic heterocycles. The van der Waals surface area contributed by atoms with E-state index in [1.807, 2.05) is 0 Å². The van der Waals surface area contributed by atoms with Gasteiger partial charge >= 0.3 is 0 Å². The third-order valence-electron chi connectivity index (χ3n) is 0. The molecule has 4 heavy (non-hydrogen) atoms. The van der Waals surface area contributed by atoms with Crippen LogP contribution in [0.4, 0.5) is 0 Å². The second-order valence-electron chi connectivity index (χ2n) is 0. The van der Waals surface area contributed by atoms with Crippen LogP contribution in [-0.2, 0) is 55.5 Å². The van der Waals surface area contributed by atoms with Gasteiger partial charge in [0.15, 0.2) is 0 Å². The quantitative estimate of drug-likeness (QED) is 0.502. The molecule has 0 aromatic rings. The maximum absolute atomic E-state index is 0. The largest absolute Gasteiger partial charge is 0 e. The first kappa shape index (κ1) is 42.6. The summed E-state index contributed by atoms with van der Waals surface area (Å²) >= 11 is 0. The van der Waals surface area contributed by atoms with Gasteiger partial charge in [0.25, 0.3) is 0 Å². The van der Waals surface area contributed by atoms with E-state index >= 15 is 0 Å². The maximum Gasteiger partial charge on any atom is 0 e. The predicted octanol–water partition coefficient (Wildman–Crippen LogP) is 0.0738. The van der Waals surface area contributed by atoms with E-state index < -0.39 is 0 Å². The van der Waals surface area contributed by atoms with Crippen LogP contribution in [0.1, 0.15) is 0 Å². The fourth-order valence-electron chi connectivity index (χ4n) is 0. The van der Waals surface area contributed by atoms with Crippen molar-refractivity contribution in [1.29, 1.82) is 0 Å². The van der Waals surface area contributed by atoms with Crippen molar-refractivity contribution in [2.75, 3.05) is 0 Å². The molecule has 0 aromatic carbocycles. The van der Waals surface area contributed by atoms with Crippen LogP contribution in [0.2, 0.25) is 0 Å². The summed E-state index contributed by atoms with van der Waals surface area (Å²) in [6.45, 7) is 0. The Bertz CT molecular complexity index is 8.00. The zero-order chi connectivity index (χ0) is 0. The Morgan fingerprint density at radius 1 is 1.00 bits per heavy atom. The van der Waals surface area contributed by atoms with Crippen LogP contribution in [0.3, 0.4) is 0 Å². The van der Waals surface area contributed by atoms with E-state index in [0.717, 1.165) is 0 Å². The van der Waals surface area contributed by atoms with Gasteiger partial charge in [-0.3, -0.25) is 0 Å². The first-order chi connectivity index (χ1) is 0. The average molecular weight is 216 g/mol. The van der Waals surface area contributed by atoms with Gasteiger partial charge in [-0.1, -0.05) is 0 Å². The molecule has 0 saturated heterocycles. The molecule has 0 nitrogen and oxygen atoms in total. The monoisotopic (exact) mass is 218 g/mol. The van der Waals surface area contributed by atoms with Crippen molar-refractivity contribution in [3.63, 3.8) is 0 Å². The van der Waals surface area contributed by atoms with Crippen LogP contribution >= 0.6 is 0 Å². The molecule has 0 rings (SSSR count). The summed E-state index contributed by atoms with van der Waals surface area (Å²) in [5.41, 5.74) is 0. The molecule has 0 N–H and O–H groups in total. The Kier molecular flexibility index (Phi) is 233. The molecular formula is CCrFeMo. The molecular weight excluding hydrogens is 216 g/mol. The second kappa shape index (κ2) is 21.9. The van der Waals surface area contributed by atoms with E-state index in [2.05, 4.69) is 0 Å². The van der Waals surface area contributed by atoms with Gasteiger partial charge in [-0.15, -0.1) is 0 Å². The minimum Gasteiger partial charge on any atom is 0 e. The molecule has 0 fully saturated rings. The summed E-state index contributed by atoms with van der Waals surface area (Å²) in [5.74, 6) is 0. The van der Waals surface area contributed by atoms with Crippen LogP contribution in [0.5, 0.6) is 0 Å². The Labute approximate surface area is 62.6 Å². The molecule has 0 aliphatic rings. The van der Waals surface area contributed by atoms with Crippen molar-refractivity contribution < 1.29 is 55.5 Å². The van der Waals surface area contributed by atoms with Crippen LogP contribution in [0.15, 0.2) is 0 Å². The van der Waals surface area contributed by atoms with Crippen molar-refractivity contribution in [2.45, 2.75) is 0 Å². The van der Waals surface area contributed by atoms with E-state index in [9.17, 15) is 0 Å². The molecule has 0 unspecified atom stereocenters. The second-order valence-corrected chi connectivity index (χ2v) is 0. The zero-order valence-corrected chi connectivity index (χ0v) is 6.06. The van der Waals surface area contributed by atoms with Gasteiger partial charge in [-0.05, 0) is 0 Å². The number of rotatable bonds is 0. The first-order valence-electron chi connectivity index (χ1n) is 0. The minimum atomic E-state index is 0. The Morgan fingerprint density at radius 3 is 1.00 bits per heavy atom. The van der Waals surface area contributed by atoms with Gasteiger partial charge in [0.2, 0.25) is 0 Å². The van der Waals surface area contributed by atoms with E-state index in [1.54, 1.807) is 0 Å². The van der Waals surface area contributed by atoms with Gasteiger partial charge in [-0.25, -0.2) is 0 Å². The Hall–Kier alpha value is 1.74. The van der Waals surface area contributed by atoms with Gasteiger partial charge in [0.05, 0.1) is 0 Å². The normalized spacial score (nSPS) is 0. The summed E-state index contributed by atoms with van der Waals surface area (Å²) in [6.07, 6.45) is 0. The third-order valence-corrected chi connectivity index (χ3v) is 0. The van der Waals surface area contributed by atoms with Crippen LogP contribution in [-0.4, -0.2) is 0 Å². The number of hydrogen-bond acceptors (Lipinski definition) is 0. The van der Waals surface area contributed by atoms with Crippen LogP contribution in [0, 0.1) is 7.43 Å². The molecule has 0 atom stereocenters. The van der Waals surface area contributed by atoms with Gasteiger partial charge in [0.1, 0.15) is 0 Å². The van der Waals surface area contributed by atoms with E-state index in [1.165, 1.54) is 0 Å². The van der Waals surface area contributed by atoms with Gasteiger partial charge in [-0.2, -0.15) is 0 Å². The molecule has 3 heteroatoms. The van der Waals surface area contributed by atoms with Crippen LogP contribution in [0.25, 0.3) is 0 Å². The van der Waals surface area contributed by atoms with Gasteiger partial charge < -0.3 is 0 Å². The smallest absolute Gasteiger partial charge is 0 e. The maximum atomic E-state index is 0. The fourth-order valence-corrected chi connectivity index (χ4v) is 0. The van der Waals surface area contributed by atoms with Crippen LogP contribution < -0.4 is 0 Å². The summed E-state index contributed by atoms with van der Waals surface area (Å²) in [4.78, 5) is 0. The molecule has 0 amide bonds. The standard InChI is InChI=1S/C.Cr.Fe.Mo. The molecule has 0 spiro atoms. The number of hydrogen-bond donors (Lipinski definition) is 0. The molecule has 0 saturated carbocycles. The molecule has 0 bridgehead atoms. The van der Waals surface area contributed by atoms with Crippen molar-refractivity contribution in [2.24, 2.45) is 0 Å². The van der Waals surface area contributed by atoms with Gasteiger partial charge in [0, 0.05) is 62.9 Å². The van der Waals surface area contributed by atoms with E-state index in [4.69, 9.17) is 0 Å². The van der Waals surface area contributed by atoms with Crippen molar-refractivity contribution >= 4 is 0 Å². The minimum absolute atomic E-state index is 0. The molecule has 24 valence electrons. The van der Waals surface area contributed by atoms with Crippen molar-refractivity contribution in [3.05, 3.63) is 7.43 Å². The van der Waals surface area contributed by atoms with Crippen molar-refractivity contribution in [3.8, 4) is 0 Å². The fraction of sp³-hybridized carbons (Fsp3) is 0. The molecule has 0 aliphatic carbocycles. The Morgan fingerprint density at radius 2 is 1.00 bits per heavy atom. The molecule has 0 aromatic heterocycles. The third kappa shape index (κ3) is 9.27. The Balaban J connectivity index is 0. The topological polar surface area (TPSA) is 0 Å². The molecule has 0 heterocycles. The zero-order valence-electron chi connectivity index (χ0n) is 1.67. The summed E-state index contributed by atoms with van der Waals surface area (Å²) < 4.78 is 0. The summed E-state index contributed by atoms with van der Waals surface area (Å²) in [7, 11) is 0. The summed E-state index contributed by atoms with van der Waals surface area (Å²) in [6, 6.07) is 0. The average Bonchev–Trinajstić information content (AvgIpc) is 0. The summed E-state index contributed by atoms with van der Waals surface area (Å²) in [5, 5.41) is 0. The van der Waals surface area contributed by atoms with E-state index in [-0.39, 0.29) is 62.9 Å². The van der Waals surface area contributed by atoms with Crippen molar-refractivity contribution in [1.82, 2.24) is 0 Å².